The molecule has 0 aromatic carbocycles. The average molecular weight is 329 g/mol. The van der Waals surface area contributed by atoms with Gasteiger partial charge in [0.05, 0.1) is 0 Å². The number of rotatable bonds is 4. The Morgan fingerprint density at radius 3 is 2.65 bits per heavy atom. The molecular weight excluding hydrogens is 317 g/mol. The molecule has 2 aromatic rings. The van der Waals surface area contributed by atoms with Gasteiger partial charge in [-0.15, -0.1) is 0 Å². The molecule has 0 bridgehead atoms. The topological polar surface area (TPSA) is 78.0 Å². The van der Waals surface area contributed by atoms with E-state index >= 15 is 0 Å². The molecule has 0 aliphatic rings. The molecule has 0 atom stereocenters. The summed E-state index contributed by atoms with van der Waals surface area (Å²) < 4.78 is 42.6. The molecule has 0 radical (unpaired) electrons. The first-order valence-corrected chi connectivity index (χ1v) is 6.42. The summed E-state index contributed by atoms with van der Waals surface area (Å²) in [6.07, 6.45) is 0.845. The molecule has 0 unspecified atom stereocenters. The van der Waals surface area contributed by atoms with Gasteiger partial charge < -0.3 is 9.30 Å². The molecule has 2 heterocycles. The number of esters is 2. The highest BCUT2D eigenvalue weighted by molar-refractivity contribution is 5.88. The number of hydrogen-bond acceptors (Lipinski definition) is 5. The van der Waals surface area contributed by atoms with Crippen LogP contribution in [0.2, 0.25) is 0 Å². The lowest BCUT2D eigenvalue weighted by Crippen LogP contribution is -2.39. The van der Waals surface area contributed by atoms with Crippen molar-refractivity contribution in [1.29, 1.82) is 0 Å². The van der Waals surface area contributed by atoms with Crippen LogP contribution in [0.25, 0.3) is 11.4 Å². The number of aryl methyl sites for hydroxylation is 2. The van der Waals surface area contributed by atoms with Gasteiger partial charge in [0.25, 0.3) is 0 Å². The summed E-state index contributed by atoms with van der Waals surface area (Å²) in [7, 11) is 1.82. The van der Waals surface area contributed by atoms with Crippen molar-refractivity contribution in [3.63, 3.8) is 0 Å². The van der Waals surface area contributed by atoms with Crippen LogP contribution in [0.5, 0.6) is 0 Å². The van der Waals surface area contributed by atoms with E-state index in [0.29, 0.717) is 5.82 Å². The number of carbonyl (C=O) groups excluding carboxylic acids is 2. The van der Waals surface area contributed by atoms with Gasteiger partial charge in [0.1, 0.15) is 18.4 Å². The van der Waals surface area contributed by atoms with Gasteiger partial charge in [-0.05, 0) is 5.10 Å². The molecule has 0 saturated heterocycles. The molecule has 10 heteroatoms. The van der Waals surface area contributed by atoms with Crippen LogP contribution in [0.3, 0.4) is 0 Å². The van der Waals surface area contributed by atoms with E-state index in [4.69, 9.17) is 0 Å². The summed E-state index contributed by atoms with van der Waals surface area (Å²) in [4.78, 5) is 25.8. The van der Waals surface area contributed by atoms with Gasteiger partial charge in [0.2, 0.25) is 0 Å². The van der Waals surface area contributed by atoms with Crippen LogP contribution < -0.4 is 4.68 Å². The van der Waals surface area contributed by atoms with Gasteiger partial charge in [0, 0.05) is 31.1 Å². The fourth-order valence-corrected chi connectivity index (χ4v) is 1.71. The summed E-state index contributed by atoms with van der Waals surface area (Å²) in [5, 5.41) is 4.02. The number of imidazole rings is 1. The van der Waals surface area contributed by atoms with Gasteiger partial charge in [-0.25, -0.2) is 9.78 Å². The Morgan fingerprint density at radius 2 is 2.13 bits per heavy atom. The third-order valence-electron chi connectivity index (χ3n) is 2.83. The second-order valence-corrected chi connectivity index (χ2v) is 4.55. The van der Waals surface area contributed by atoms with Crippen LogP contribution in [-0.4, -0.2) is 32.8 Å². The minimum atomic E-state index is -5.19. The molecule has 0 N–H and O–H groups in total. The molecule has 0 aliphatic carbocycles. The lowest BCUT2D eigenvalue weighted by atomic mass is 10.3. The third kappa shape index (κ3) is 4.34. The predicted molar refractivity (Wildman–Crippen MR) is 68.4 cm³/mol. The van der Waals surface area contributed by atoms with E-state index in [-0.39, 0.29) is 6.54 Å². The van der Waals surface area contributed by atoms with Crippen molar-refractivity contribution < 1.29 is 32.2 Å². The Labute approximate surface area is 128 Å². The van der Waals surface area contributed by atoms with Gasteiger partial charge in [-0.2, -0.15) is 13.2 Å². The van der Waals surface area contributed by atoms with E-state index in [0.717, 1.165) is 5.56 Å². The molecule has 0 fully saturated rings. The normalized spacial score (nSPS) is 11.3. The van der Waals surface area contributed by atoms with Crippen LogP contribution >= 0.6 is 0 Å². The third-order valence-corrected chi connectivity index (χ3v) is 2.83. The SMILES string of the molecule is Cn1ccnc1-c1cc[n+](CCC(=O)OC(=O)C(F)(F)F)nc1. The van der Waals surface area contributed by atoms with Crippen LogP contribution in [0.15, 0.2) is 30.9 Å². The maximum atomic E-state index is 11.9. The zero-order chi connectivity index (χ0) is 17.0. The van der Waals surface area contributed by atoms with Crippen molar-refractivity contribution in [2.24, 2.45) is 7.05 Å². The summed E-state index contributed by atoms with van der Waals surface area (Å²) in [5.41, 5.74) is 0.739. The lowest BCUT2D eigenvalue weighted by Gasteiger charge is -2.04. The first-order valence-electron chi connectivity index (χ1n) is 6.42. The highest BCUT2D eigenvalue weighted by Crippen LogP contribution is 2.16. The van der Waals surface area contributed by atoms with Crippen molar-refractivity contribution in [2.45, 2.75) is 19.1 Å². The Balaban J connectivity index is 1.91. The summed E-state index contributed by atoms with van der Waals surface area (Å²) >= 11 is 0. The molecule has 122 valence electrons. The first-order chi connectivity index (χ1) is 10.8. The molecule has 7 nitrogen and oxygen atoms in total. The zero-order valence-corrected chi connectivity index (χ0v) is 11.9. The maximum Gasteiger partial charge on any atom is 0.491 e. The van der Waals surface area contributed by atoms with Gasteiger partial charge in [-0.1, -0.05) is 4.68 Å². The minimum Gasteiger partial charge on any atom is -0.386 e. The van der Waals surface area contributed by atoms with E-state index in [1.54, 1.807) is 29.2 Å². The Kier molecular flexibility index (Phi) is 4.72. The van der Waals surface area contributed by atoms with Crippen molar-refractivity contribution in [1.82, 2.24) is 14.6 Å². The smallest absolute Gasteiger partial charge is 0.386 e. The highest BCUT2D eigenvalue weighted by atomic mass is 19.4. The van der Waals surface area contributed by atoms with E-state index in [2.05, 4.69) is 14.8 Å². The lowest BCUT2D eigenvalue weighted by molar-refractivity contribution is -0.752. The Bertz CT molecular complexity index is 710. The average Bonchev–Trinajstić information content (AvgIpc) is 2.91. The van der Waals surface area contributed by atoms with E-state index in [1.807, 2.05) is 7.05 Å². The van der Waals surface area contributed by atoms with E-state index in [1.165, 1.54) is 10.9 Å². The molecule has 0 amide bonds. The highest BCUT2D eigenvalue weighted by Gasteiger charge is 2.42. The fraction of sp³-hybridized carbons (Fsp3) is 0.308. The molecule has 0 saturated carbocycles. The molecule has 2 aromatic heterocycles. The van der Waals surface area contributed by atoms with Gasteiger partial charge in [0.15, 0.2) is 12.7 Å². The van der Waals surface area contributed by atoms with Crippen LogP contribution in [0.1, 0.15) is 6.42 Å². The number of nitrogens with zero attached hydrogens (tertiary/aromatic N) is 4. The predicted octanol–water partition coefficient (Wildman–Crippen LogP) is 0.792. The zero-order valence-electron chi connectivity index (χ0n) is 11.9. The van der Waals surface area contributed by atoms with E-state index < -0.39 is 24.5 Å². The van der Waals surface area contributed by atoms with Gasteiger partial charge in [-0.3, -0.25) is 4.79 Å². The summed E-state index contributed by atoms with van der Waals surface area (Å²) in [5.74, 6) is -3.10. The molecule has 0 spiro atoms. The van der Waals surface area contributed by atoms with Crippen molar-refractivity contribution in [3.05, 3.63) is 30.9 Å². The van der Waals surface area contributed by atoms with Crippen LogP contribution in [0, 0.1) is 0 Å². The maximum absolute atomic E-state index is 11.9. The fourth-order valence-electron chi connectivity index (χ4n) is 1.71. The van der Waals surface area contributed by atoms with Crippen LogP contribution in [0.4, 0.5) is 13.2 Å². The van der Waals surface area contributed by atoms with Crippen molar-refractivity contribution in [2.75, 3.05) is 0 Å². The molecule has 0 aliphatic heterocycles. The summed E-state index contributed by atoms with van der Waals surface area (Å²) in [6.45, 7) is -0.0230. The summed E-state index contributed by atoms with van der Waals surface area (Å²) in [6, 6.07) is 1.70. The monoisotopic (exact) mass is 329 g/mol. The first kappa shape index (κ1) is 16.6. The molecule has 23 heavy (non-hydrogen) atoms. The number of halogens is 3. The second-order valence-electron chi connectivity index (χ2n) is 4.55. The number of aromatic nitrogens is 4. The van der Waals surface area contributed by atoms with E-state index in [9.17, 15) is 22.8 Å². The van der Waals surface area contributed by atoms with Crippen LogP contribution in [-0.2, 0) is 27.9 Å². The second kappa shape index (κ2) is 6.55. The number of carbonyl (C=O) groups is 2. The quantitative estimate of drug-likeness (QED) is 0.471. The molecule has 2 rings (SSSR count). The Morgan fingerprint density at radius 1 is 1.39 bits per heavy atom. The molecular formula is C13H12F3N4O3+. The minimum absolute atomic E-state index is 0.0230. The number of alkyl halides is 3. The standard InChI is InChI=1S/C13H12F3N4O3/c1-19-7-4-17-11(19)9-2-5-20(18-8-9)6-3-10(21)23-12(22)13(14,15)16/h2,4-5,7-8H,3,6H2,1H3/q+1. The Hall–Kier alpha value is -2.78. The van der Waals surface area contributed by atoms with Crippen molar-refractivity contribution >= 4 is 11.9 Å². The largest absolute Gasteiger partial charge is 0.491 e. The number of ether oxygens (including phenoxy) is 1. The van der Waals surface area contributed by atoms with Crippen molar-refractivity contribution in [3.8, 4) is 11.4 Å². The number of hydrogen-bond donors (Lipinski definition) is 0. The van der Waals surface area contributed by atoms with Gasteiger partial charge >= 0.3 is 18.1 Å².